The highest BCUT2D eigenvalue weighted by Gasteiger charge is 2.33. The average Bonchev–Trinajstić information content (AvgIpc) is 3.55. The second-order valence-electron chi connectivity index (χ2n) is 8.61. The van der Waals surface area contributed by atoms with Gasteiger partial charge in [0.25, 0.3) is 0 Å². The summed E-state index contributed by atoms with van der Waals surface area (Å²) < 4.78 is 5.59. The standard InChI is InChI=1S/C25H28N2O5/c1-27(13-12-23(28)29)24(30)22(14-16-10-11-16)26-25(31)32-15-21-19-8-4-2-6-17(19)18-7-3-5-9-20(18)21/h2-9,16,21-22H,10-15H2,1H3,(H,26,31)(H,28,29). The molecule has 2 aliphatic rings. The molecule has 0 aromatic heterocycles. The maximum Gasteiger partial charge on any atom is 0.407 e. The number of amides is 2. The summed E-state index contributed by atoms with van der Waals surface area (Å²) in [6, 6.07) is 15.5. The van der Waals surface area contributed by atoms with E-state index in [9.17, 15) is 14.4 Å². The van der Waals surface area contributed by atoms with Crippen LogP contribution in [0.5, 0.6) is 0 Å². The van der Waals surface area contributed by atoms with Gasteiger partial charge in [-0.15, -0.1) is 0 Å². The second kappa shape index (κ2) is 9.42. The van der Waals surface area contributed by atoms with Crippen molar-refractivity contribution >= 4 is 18.0 Å². The highest BCUT2D eigenvalue weighted by atomic mass is 16.5. The Kier molecular flexibility index (Phi) is 6.44. The van der Waals surface area contributed by atoms with E-state index < -0.39 is 18.1 Å². The number of carboxylic acid groups (broad SMARTS) is 1. The Labute approximate surface area is 187 Å². The van der Waals surface area contributed by atoms with Gasteiger partial charge >= 0.3 is 12.1 Å². The SMILES string of the molecule is CN(CCC(=O)O)C(=O)C(CC1CC1)NC(=O)OCC1c2ccccc2-c2ccccc21. The topological polar surface area (TPSA) is 95.9 Å². The van der Waals surface area contributed by atoms with Gasteiger partial charge in [-0.25, -0.2) is 4.79 Å². The number of likely N-dealkylation sites (N-methyl/N-ethyl adjacent to an activating group) is 1. The minimum absolute atomic E-state index is 0.0519. The number of hydrogen-bond acceptors (Lipinski definition) is 4. The highest BCUT2D eigenvalue weighted by molar-refractivity contribution is 5.86. The lowest BCUT2D eigenvalue weighted by atomic mass is 9.98. The van der Waals surface area contributed by atoms with E-state index in [1.807, 2.05) is 24.3 Å². The van der Waals surface area contributed by atoms with Crippen molar-refractivity contribution in [3.05, 3.63) is 59.7 Å². The number of hydrogen-bond donors (Lipinski definition) is 2. The van der Waals surface area contributed by atoms with Crippen molar-refractivity contribution in [1.29, 1.82) is 0 Å². The van der Waals surface area contributed by atoms with Crippen molar-refractivity contribution < 1.29 is 24.2 Å². The fourth-order valence-corrected chi connectivity index (χ4v) is 4.33. The van der Waals surface area contributed by atoms with Crippen molar-refractivity contribution in [2.45, 2.75) is 37.6 Å². The molecule has 2 amide bonds. The van der Waals surface area contributed by atoms with Crippen LogP contribution in [0, 0.1) is 5.92 Å². The van der Waals surface area contributed by atoms with E-state index in [0.29, 0.717) is 12.3 Å². The molecule has 4 rings (SSSR count). The third kappa shape index (κ3) is 4.93. The third-order valence-electron chi connectivity index (χ3n) is 6.24. The average molecular weight is 437 g/mol. The number of alkyl carbamates (subject to hydrolysis) is 1. The Morgan fingerprint density at radius 2 is 1.66 bits per heavy atom. The molecule has 0 radical (unpaired) electrons. The van der Waals surface area contributed by atoms with E-state index in [1.165, 1.54) is 4.90 Å². The Morgan fingerprint density at radius 1 is 1.06 bits per heavy atom. The predicted molar refractivity (Wildman–Crippen MR) is 119 cm³/mol. The first-order chi connectivity index (χ1) is 15.4. The van der Waals surface area contributed by atoms with Crippen LogP contribution < -0.4 is 5.32 Å². The second-order valence-corrected chi connectivity index (χ2v) is 8.61. The Morgan fingerprint density at radius 3 is 2.22 bits per heavy atom. The van der Waals surface area contributed by atoms with Crippen molar-refractivity contribution in [1.82, 2.24) is 10.2 Å². The zero-order chi connectivity index (χ0) is 22.7. The first-order valence-electron chi connectivity index (χ1n) is 11.0. The largest absolute Gasteiger partial charge is 0.481 e. The number of nitrogens with one attached hydrogen (secondary N) is 1. The van der Waals surface area contributed by atoms with Crippen LogP contribution >= 0.6 is 0 Å². The number of nitrogens with zero attached hydrogens (tertiary/aromatic N) is 1. The smallest absolute Gasteiger partial charge is 0.407 e. The number of carboxylic acids is 1. The molecule has 2 N–H and O–H groups in total. The number of fused-ring (bicyclic) bond motifs is 3. The Hall–Kier alpha value is -3.35. The van der Waals surface area contributed by atoms with E-state index in [2.05, 4.69) is 29.6 Å². The number of aliphatic carboxylic acids is 1. The van der Waals surface area contributed by atoms with Gasteiger partial charge in [0.2, 0.25) is 5.91 Å². The van der Waals surface area contributed by atoms with Crippen molar-refractivity contribution in [2.24, 2.45) is 5.92 Å². The van der Waals surface area contributed by atoms with E-state index in [-0.39, 0.29) is 31.4 Å². The molecule has 0 bridgehead atoms. The molecule has 0 saturated heterocycles. The lowest BCUT2D eigenvalue weighted by Gasteiger charge is -2.24. The summed E-state index contributed by atoms with van der Waals surface area (Å²) >= 11 is 0. The maximum absolute atomic E-state index is 12.8. The van der Waals surface area contributed by atoms with Crippen LogP contribution in [0.2, 0.25) is 0 Å². The van der Waals surface area contributed by atoms with E-state index in [4.69, 9.17) is 9.84 Å². The summed E-state index contributed by atoms with van der Waals surface area (Å²) in [6.45, 7) is 0.279. The summed E-state index contributed by atoms with van der Waals surface area (Å²) in [7, 11) is 1.56. The molecule has 32 heavy (non-hydrogen) atoms. The maximum atomic E-state index is 12.8. The summed E-state index contributed by atoms with van der Waals surface area (Å²) in [4.78, 5) is 37.6. The number of benzene rings is 2. The van der Waals surface area contributed by atoms with Gasteiger partial charge in [0, 0.05) is 19.5 Å². The third-order valence-corrected chi connectivity index (χ3v) is 6.24. The molecule has 2 aromatic rings. The molecule has 0 spiro atoms. The van der Waals surface area contributed by atoms with Crippen LogP contribution in [-0.2, 0) is 14.3 Å². The van der Waals surface area contributed by atoms with Gasteiger partial charge in [-0.2, -0.15) is 0 Å². The molecular weight excluding hydrogens is 408 g/mol. The number of carbonyl (C=O) groups excluding carboxylic acids is 2. The van der Waals surface area contributed by atoms with Crippen molar-refractivity contribution in [2.75, 3.05) is 20.2 Å². The molecule has 0 heterocycles. The molecular formula is C25H28N2O5. The minimum atomic E-state index is -0.965. The van der Waals surface area contributed by atoms with Gasteiger partial charge in [-0.05, 0) is 34.6 Å². The molecule has 1 fully saturated rings. The molecule has 1 unspecified atom stereocenters. The number of rotatable bonds is 9. The Balaban J connectivity index is 1.39. The first kappa shape index (κ1) is 21.9. The van der Waals surface area contributed by atoms with Gasteiger partial charge in [0.05, 0.1) is 6.42 Å². The normalized spacial score (nSPS) is 15.4. The monoisotopic (exact) mass is 436 g/mol. The van der Waals surface area contributed by atoms with Crippen LogP contribution in [0.4, 0.5) is 4.79 Å². The van der Waals surface area contributed by atoms with E-state index in [0.717, 1.165) is 35.1 Å². The van der Waals surface area contributed by atoms with Crippen LogP contribution in [0.3, 0.4) is 0 Å². The lowest BCUT2D eigenvalue weighted by Crippen LogP contribution is -2.48. The van der Waals surface area contributed by atoms with Gasteiger partial charge < -0.3 is 20.1 Å². The van der Waals surface area contributed by atoms with E-state index in [1.54, 1.807) is 7.05 Å². The van der Waals surface area contributed by atoms with Crippen LogP contribution in [0.15, 0.2) is 48.5 Å². The summed E-state index contributed by atoms with van der Waals surface area (Å²) in [5.41, 5.74) is 4.55. The quantitative estimate of drug-likeness (QED) is 0.626. The fourth-order valence-electron chi connectivity index (χ4n) is 4.33. The first-order valence-corrected chi connectivity index (χ1v) is 11.0. The van der Waals surface area contributed by atoms with Crippen molar-refractivity contribution in [3.63, 3.8) is 0 Å². The molecule has 168 valence electrons. The summed E-state index contributed by atoms with van der Waals surface area (Å²) in [5.74, 6) is -0.894. The zero-order valence-corrected chi connectivity index (χ0v) is 18.1. The number of carbonyl (C=O) groups is 3. The van der Waals surface area contributed by atoms with Gasteiger partial charge in [-0.1, -0.05) is 61.4 Å². The molecule has 1 atom stereocenters. The van der Waals surface area contributed by atoms with Crippen LogP contribution in [0.25, 0.3) is 11.1 Å². The van der Waals surface area contributed by atoms with Crippen molar-refractivity contribution in [3.8, 4) is 11.1 Å². The Bertz CT molecular complexity index is 971. The lowest BCUT2D eigenvalue weighted by molar-refractivity contribution is -0.138. The van der Waals surface area contributed by atoms with Crippen LogP contribution in [-0.4, -0.2) is 54.2 Å². The van der Waals surface area contributed by atoms with Gasteiger partial charge in [0.15, 0.2) is 0 Å². The van der Waals surface area contributed by atoms with Gasteiger partial charge in [0.1, 0.15) is 12.6 Å². The molecule has 2 aromatic carbocycles. The van der Waals surface area contributed by atoms with Gasteiger partial charge in [-0.3, -0.25) is 9.59 Å². The summed E-state index contributed by atoms with van der Waals surface area (Å²) in [6.07, 6.45) is 1.85. The minimum Gasteiger partial charge on any atom is -0.481 e. The molecule has 7 nitrogen and oxygen atoms in total. The molecule has 0 aliphatic heterocycles. The molecule has 1 saturated carbocycles. The fraction of sp³-hybridized carbons (Fsp3) is 0.400. The zero-order valence-electron chi connectivity index (χ0n) is 18.1. The molecule has 7 heteroatoms. The molecule has 2 aliphatic carbocycles. The summed E-state index contributed by atoms with van der Waals surface area (Å²) in [5, 5.41) is 11.6. The predicted octanol–water partition coefficient (Wildman–Crippen LogP) is 3.63. The number of ether oxygens (including phenoxy) is 1. The highest BCUT2D eigenvalue weighted by Crippen LogP contribution is 2.44. The van der Waals surface area contributed by atoms with Crippen LogP contribution in [0.1, 0.15) is 42.7 Å². The van der Waals surface area contributed by atoms with E-state index >= 15 is 0 Å².